The summed E-state index contributed by atoms with van der Waals surface area (Å²) >= 11 is 13.7. The molecule has 3 aromatic carbocycles. The van der Waals surface area contributed by atoms with Crippen molar-refractivity contribution in [2.24, 2.45) is 0 Å². The SMILES string of the molecule is CCOc1cc(/C=C2\S[C@@H](Nc3ccc(CC)cc3)NC2=O)ccc1OCc1ccc(Cl)cc1Cl. The number of carbonyl (C=O) groups excluding carboxylic acids is 1. The van der Waals surface area contributed by atoms with Crippen LogP contribution in [-0.4, -0.2) is 18.0 Å². The van der Waals surface area contributed by atoms with E-state index in [1.807, 2.05) is 49.4 Å². The zero-order chi connectivity index (χ0) is 24.8. The van der Waals surface area contributed by atoms with Crippen LogP contribution in [0.15, 0.2) is 65.6 Å². The third kappa shape index (κ3) is 6.66. The standard InChI is InChI=1S/C27H26Cl2N2O3S/c1-3-17-5-10-21(11-6-17)30-27-31-26(32)25(35-27)14-18-7-12-23(24(13-18)33-4-2)34-16-19-8-9-20(28)15-22(19)29/h5-15,27,30H,3-4,16H2,1-2H3,(H,31,32)/b25-14-/t27-/m0/s1. The molecule has 1 amide bonds. The number of nitrogens with one attached hydrogen (secondary N) is 2. The van der Waals surface area contributed by atoms with E-state index in [0.29, 0.717) is 33.1 Å². The number of carbonyl (C=O) groups is 1. The number of halogens is 2. The lowest BCUT2D eigenvalue weighted by atomic mass is 10.1. The molecule has 1 heterocycles. The van der Waals surface area contributed by atoms with Crippen LogP contribution in [0.2, 0.25) is 10.0 Å². The summed E-state index contributed by atoms with van der Waals surface area (Å²) < 4.78 is 11.8. The monoisotopic (exact) mass is 528 g/mol. The first-order valence-corrected chi connectivity index (χ1v) is 13.0. The van der Waals surface area contributed by atoms with Crippen LogP contribution in [0.5, 0.6) is 11.5 Å². The van der Waals surface area contributed by atoms with Crippen LogP contribution in [0, 0.1) is 0 Å². The smallest absolute Gasteiger partial charge is 0.260 e. The Labute approximate surface area is 219 Å². The molecule has 0 unspecified atom stereocenters. The van der Waals surface area contributed by atoms with Crippen LogP contribution < -0.4 is 20.1 Å². The average molecular weight is 529 g/mol. The highest BCUT2D eigenvalue weighted by molar-refractivity contribution is 8.05. The third-order valence-corrected chi connectivity index (χ3v) is 6.97. The second kappa shape index (κ2) is 11.8. The Balaban J connectivity index is 1.45. The maximum absolute atomic E-state index is 12.6. The molecule has 0 saturated carbocycles. The summed E-state index contributed by atoms with van der Waals surface area (Å²) in [5, 5.41) is 7.44. The zero-order valence-corrected chi connectivity index (χ0v) is 21.8. The van der Waals surface area contributed by atoms with Crippen molar-refractivity contribution in [2.45, 2.75) is 32.4 Å². The van der Waals surface area contributed by atoms with Crippen molar-refractivity contribution in [3.63, 3.8) is 0 Å². The molecule has 4 rings (SSSR count). The zero-order valence-electron chi connectivity index (χ0n) is 19.4. The van der Waals surface area contributed by atoms with Gasteiger partial charge in [-0.3, -0.25) is 4.79 Å². The fourth-order valence-corrected chi connectivity index (χ4v) is 4.95. The summed E-state index contributed by atoms with van der Waals surface area (Å²) in [6.45, 7) is 4.80. The Bertz CT molecular complexity index is 1230. The molecular weight excluding hydrogens is 503 g/mol. The van der Waals surface area contributed by atoms with Crippen LogP contribution in [0.4, 0.5) is 5.69 Å². The van der Waals surface area contributed by atoms with E-state index in [9.17, 15) is 4.79 Å². The van der Waals surface area contributed by atoms with Gasteiger partial charge in [0, 0.05) is 21.3 Å². The van der Waals surface area contributed by atoms with E-state index in [1.54, 1.807) is 12.1 Å². The van der Waals surface area contributed by atoms with E-state index >= 15 is 0 Å². The first-order chi connectivity index (χ1) is 16.9. The van der Waals surface area contributed by atoms with E-state index in [0.717, 1.165) is 23.2 Å². The van der Waals surface area contributed by atoms with E-state index in [1.165, 1.54) is 17.3 Å². The highest BCUT2D eigenvalue weighted by atomic mass is 35.5. The molecule has 1 aliphatic heterocycles. The lowest BCUT2D eigenvalue weighted by Gasteiger charge is -2.14. The fourth-order valence-electron chi connectivity index (χ4n) is 3.50. The van der Waals surface area contributed by atoms with Gasteiger partial charge in [0.05, 0.1) is 11.5 Å². The molecule has 1 atom stereocenters. The van der Waals surface area contributed by atoms with E-state index in [-0.39, 0.29) is 18.0 Å². The lowest BCUT2D eigenvalue weighted by molar-refractivity contribution is -0.116. The molecule has 5 nitrogen and oxygen atoms in total. The number of aryl methyl sites for hydroxylation is 1. The molecule has 0 radical (unpaired) electrons. The van der Waals surface area contributed by atoms with Gasteiger partial charge in [0.25, 0.3) is 5.91 Å². The van der Waals surface area contributed by atoms with Gasteiger partial charge in [-0.15, -0.1) is 0 Å². The Morgan fingerprint density at radius 3 is 2.51 bits per heavy atom. The van der Waals surface area contributed by atoms with Gasteiger partial charge in [0.15, 0.2) is 17.0 Å². The van der Waals surface area contributed by atoms with Crippen molar-refractivity contribution in [2.75, 3.05) is 11.9 Å². The van der Waals surface area contributed by atoms with Crippen molar-refractivity contribution in [1.82, 2.24) is 5.32 Å². The molecule has 35 heavy (non-hydrogen) atoms. The minimum Gasteiger partial charge on any atom is -0.490 e. The highest BCUT2D eigenvalue weighted by Crippen LogP contribution is 2.34. The molecule has 0 aromatic heterocycles. The molecule has 182 valence electrons. The Morgan fingerprint density at radius 2 is 1.80 bits per heavy atom. The van der Waals surface area contributed by atoms with Gasteiger partial charge in [0.2, 0.25) is 0 Å². The average Bonchev–Trinajstić information content (AvgIpc) is 3.18. The van der Waals surface area contributed by atoms with Gasteiger partial charge in [-0.1, -0.05) is 66.2 Å². The maximum atomic E-state index is 12.6. The maximum Gasteiger partial charge on any atom is 0.260 e. The molecule has 1 fully saturated rings. The molecule has 0 aliphatic carbocycles. The topological polar surface area (TPSA) is 59.6 Å². The lowest BCUT2D eigenvalue weighted by Crippen LogP contribution is -2.30. The summed E-state index contributed by atoms with van der Waals surface area (Å²) in [4.78, 5) is 13.2. The number of hydrogen-bond donors (Lipinski definition) is 2. The van der Waals surface area contributed by atoms with E-state index < -0.39 is 0 Å². The van der Waals surface area contributed by atoms with Gasteiger partial charge in [-0.25, -0.2) is 0 Å². The first-order valence-electron chi connectivity index (χ1n) is 11.3. The van der Waals surface area contributed by atoms with Crippen molar-refractivity contribution in [3.8, 4) is 11.5 Å². The molecule has 1 aliphatic rings. The van der Waals surface area contributed by atoms with Crippen LogP contribution in [0.3, 0.4) is 0 Å². The fraction of sp³-hybridized carbons (Fsp3) is 0.222. The summed E-state index contributed by atoms with van der Waals surface area (Å²) in [6, 6.07) is 19.1. The Hall–Kier alpha value is -2.80. The van der Waals surface area contributed by atoms with Gasteiger partial charge >= 0.3 is 0 Å². The minimum absolute atomic E-state index is 0.117. The molecule has 0 spiro atoms. The van der Waals surface area contributed by atoms with Crippen molar-refractivity contribution in [1.29, 1.82) is 0 Å². The second-order valence-electron chi connectivity index (χ2n) is 7.84. The molecule has 2 N–H and O–H groups in total. The Kier molecular flexibility index (Phi) is 8.50. The predicted molar refractivity (Wildman–Crippen MR) is 145 cm³/mol. The number of anilines is 1. The molecule has 1 saturated heterocycles. The van der Waals surface area contributed by atoms with E-state index in [2.05, 4.69) is 29.7 Å². The van der Waals surface area contributed by atoms with Crippen molar-refractivity contribution in [3.05, 3.63) is 92.3 Å². The number of amides is 1. The van der Waals surface area contributed by atoms with Crippen LogP contribution >= 0.6 is 35.0 Å². The largest absolute Gasteiger partial charge is 0.490 e. The van der Waals surface area contributed by atoms with Crippen molar-refractivity contribution < 1.29 is 14.3 Å². The molecule has 0 bridgehead atoms. The summed E-state index contributed by atoms with van der Waals surface area (Å²) in [5.74, 6) is 1.08. The van der Waals surface area contributed by atoms with Crippen molar-refractivity contribution >= 4 is 52.6 Å². The number of rotatable bonds is 9. The number of benzene rings is 3. The minimum atomic E-state index is -0.237. The van der Waals surface area contributed by atoms with Crippen LogP contribution in [0.1, 0.15) is 30.5 Å². The van der Waals surface area contributed by atoms with Crippen LogP contribution in [0.25, 0.3) is 6.08 Å². The number of ether oxygens (including phenoxy) is 2. The molecule has 3 aromatic rings. The highest BCUT2D eigenvalue weighted by Gasteiger charge is 2.27. The summed E-state index contributed by atoms with van der Waals surface area (Å²) in [7, 11) is 0. The van der Waals surface area contributed by atoms with Crippen LogP contribution in [-0.2, 0) is 17.8 Å². The van der Waals surface area contributed by atoms with Gasteiger partial charge < -0.3 is 20.1 Å². The third-order valence-electron chi connectivity index (χ3n) is 5.35. The first kappa shape index (κ1) is 25.3. The quantitative estimate of drug-likeness (QED) is 0.289. The number of hydrogen-bond acceptors (Lipinski definition) is 5. The Morgan fingerprint density at radius 1 is 1.00 bits per heavy atom. The number of thioether (sulfide) groups is 1. The van der Waals surface area contributed by atoms with Gasteiger partial charge in [-0.05, 0) is 66.9 Å². The summed E-state index contributed by atoms with van der Waals surface area (Å²) in [5.41, 5.74) is 3.66. The molecule has 8 heteroatoms. The predicted octanol–water partition coefficient (Wildman–Crippen LogP) is 7.13. The van der Waals surface area contributed by atoms with E-state index in [4.69, 9.17) is 32.7 Å². The summed E-state index contributed by atoms with van der Waals surface area (Å²) in [6.07, 6.45) is 2.84. The van der Waals surface area contributed by atoms with Gasteiger partial charge in [0.1, 0.15) is 6.61 Å². The molecular formula is C27H26Cl2N2O3S. The van der Waals surface area contributed by atoms with Gasteiger partial charge in [-0.2, -0.15) is 0 Å². The normalized spacial score (nSPS) is 16.3. The second-order valence-corrected chi connectivity index (χ2v) is 9.83.